The lowest BCUT2D eigenvalue weighted by Gasteiger charge is -2.35. The van der Waals surface area contributed by atoms with E-state index in [1.807, 2.05) is 36.2 Å². The number of hydrogen-bond donors (Lipinski definition) is 6. The highest BCUT2D eigenvalue weighted by atomic mass is 19.1. The average Bonchev–Trinajstić information content (AvgIpc) is 1.77. The van der Waals surface area contributed by atoms with Crippen LogP contribution in [0.25, 0.3) is 0 Å². The summed E-state index contributed by atoms with van der Waals surface area (Å²) in [5.41, 5.74) is 11.7. The number of likely N-dealkylation sites (tertiary alicyclic amines) is 2. The summed E-state index contributed by atoms with van der Waals surface area (Å²) < 4.78 is 89.6. The van der Waals surface area contributed by atoms with E-state index in [2.05, 4.69) is 97.7 Å². The SMILES string of the molecule is CC(C)(C)OC(=O)N1CCC(Oc2ccc3c(c2)OCCN(C[C@H](O)CN2CCc4ccccc4C2)C3=O)C(F)C1.CN1CCC(Oc2ccc3c(c2)OCCN(C[C@H](O)CN2CCc4ccccc4C2)C3=O)C(F)C1.O=C1c2ccc(O)cc2OCCN1C[C@H](O)CN1CCc2ccccc2C1.O=C1c2ccc(OC3CCNCC3F)cc2OCCN1C[C@H](O)CN1CCc2ccccc2C1. The van der Waals surface area contributed by atoms with Gasteiger partial charge in [0.2, 0.25) is 0 Å². The van der Waals surface area contributed by atoms with Crippen LogP contribution in [0.3, 0.4) is 0 Å². The van der Waals surface area contributed by atoms with Gasteiger partial charge in [-0.3, -0.25) is 38.8 Å². The normalized spacial score (nSPS) is 22.4. The number of hydrogen-bond acceptors (Lipinski definition) is 24. The molecule has 0 saturated carbocycles. The summed E-state index contributed by atoms with van der Waals surface area (Å²) in [6.07, 6.45) is -3.03. The second kappa shape index (κ2) is 46.0. The van der Waals surface area contributed by atoms with Crippen LogP contribution >= 0.6 is 0 Å². The van der Waals surface area contributed by atoms with Crippen LogP contribution in [0.15, 0.2) is 170 Å². The van der Waals surface area contributed by atoms with Crippen molar-refractivity contribution in [1.82, 2.24) is 54.3 Å². The van der Waals surface area contributed by atoms with E-state index in [1.165, 1.54) is 61.5 Å². The number of piperidine rings is 3. The molecule has 3 fully saturated rings. The minimum Gasteiger partial charge on any atom is -0.508 e. The third kappa shape index (κ3) is 26.4. The van der Waals surface area contributed by atoms with E-state index >= 15 is 0 Å². The number of nitrogens with one attached hydrogen (secondary N) is 1. The molecule has 3 saturated heterocycles. The fourth-order valence-electron chi connectivity index (χ4n) is 19.7. The lowest BCUT2D eigenvalue weighted by atomic mass is 10.00. The Balaban J connectivity index is 0.000000133. The van der Waals surface area contributed by atoms with E-state index in [4.69, 9.17) is 37.9 Å². The summed E-state index contributed by atoms with van der Waals surface area (Å²) >= 11 is 0. The standard InChI is InChI=1S/C31H40FN3O6.C27H34FN3O4.C26H32FN3O4.C21H24N2O4/c1-31(2,3)41-30(38)35-13-11-27(26(32)20-35)40-24-8-9-25-28(16-24)39-15-14-34(29(25)37)19-23(36)18-33-12-10-21-6-4-5-7-22(21)17-33;1-29-10-9-25(24(28)18-29)35-22-6-7-23-26(14-22)34-13-12-31(27(23)33)17-21(32)16-30-11-8-19-4-2-3-5-20(19)15-30;27-23-14-28-9-7-24(23)34-21-5-6-22-25(13-21)33-12-11-30(26(22)32)17-20(31)16-29-10-8-18-3-1-2-4-19(18)15-29;24-17-5-6-19-20(11-17)27-10-9-23(21(19)26)14-18(25)13-22-8-7-15-3-1-2-4-16(15)12-22/h4-9,16,23,26-27,36H,10-15,17-20H2,1-3H3;2-7,14,21,24-25,32H,8-13,15-18H2,1H3;1-6,13,20,23-24,28,31H,7-12,14-17H2;1-6,11,18,24-25H,7-10,12-14H2/t23-,26?,27?;21-,24?,25?;20-,23?,24?;18-/m1111/s1. The number of aliphatic hydroxyl groups is 4. The molecule has 734 valence electrons. The lowest BCUT2D eigenvalue weighted by molar-refractivity contribution is -0.0106. The smallest absolute Gasteiger partial charge is 0.410 e. The van der Waals surface area contributed by atoms with E-state index in [0.29, 0.717) is 174 Å². The Morgan fingerprint density at radius 3 is 1.04 bits per heavy atom. The molecule has 0 bridgehead atoms. The first-order valence-corrected chi connectivity index (χ1v) is 48.3. The van der Waals surface area contributed by atoms with Gasteiger partial charge in [0, 0.05) is 162 Å². The Morgan fingerprint density at radius 1 is 0.394 bits per heavy atom. The number of halogens is 3. The summed E-state index contributed by atoms with van der Waals surface area (Å²) in [5, 5.41) is 55.6. The van der Waals surface area contributed by atoms with Gasteiger partial charge in [0.25, 0.3) is 23.6 Å². The number of benzene rings is 8. The molecule has 137 heavy (non-hydrogen) atoms. The van der Waals surface area contributed by atoms with Crippen LogP contribution in [0.4, 0.5) is 18.0 Å². The number of alkyl halides is 3. The molecule has 19 rings (SSSR count). The molecule has 8 aromatic rings. The van der Waals surface area contributed by atoms with Crippen molar-refractivity contribution < 1.29 is 101 Å². The zero-order chi connectivity index (χ0) is 95.8. The van der Waals surface area contributed by atoms with E-state index in [9.17, 15) is 62.7 Å². The average molecular weight is 1890 g/mol. The summed E-state index contributed by atoms with van der Waals surface area (Å²) in [5.74, 6) is 2.39. The highest BCUT2D eigenvalue weighted by molar-refractivity contribution is 5.99. The number of phenols is 1. The predicted octanol–water partition coefficient (Wildman–Crippen LogP) is 9.69. The molecule has 11 aliphatic heterocycles. The van der Waals surface area contributed by atoms with Crippen molar-refractivity contribution >= 4 is 29.7 Å². The van der Waals surface area contributed by atoms with Crippen LogP contribution in [0.5, 0.6) is 46.0 Å². The van der Waals surface area contributed by atoms with Crippen molar-refractivity contribution in [3.8, 4) is 46.0 Å². The highest BCUT2D eigenvalue weighted by Crippen LogP contribution is 2.37. The third-order valence-corrected chi connectivity index (χ3v) is 26.8. The van der Waals surface area contributed by atoms with E-state index in [0.717, 1.165) is 84.6 Å². The van der Waals surface area contributed by atoms with Crippen molar-refractivity contribution in [1.29, 1.82) is 0 Å². The van der Waals surface area contributed by atoms with Crippen molar-refractivity contribution in [2.24, 2.45) is 0 Å². The zero-order valence-electron chi connectivity index (χ0n) is 78.8. The number of carbonyl (C=O) groups excluding carboxylic acids is 5. The van der Waals surface area contributed by atoms with Gasteiger partial charge in [0.1, 0.15) is 109 Å². The minimum absolute atomic E-state index is 0.0698. The number of β-amino-alcohol motifs (C(OH)–C–C–N with tert-alkyl or cyclic N) is 4. The maximum absolute atomic E-state index is 15.0. The second-order valence-corrected chi connectivity index (χ2v) is 38.5. The lowest BCUT2D eigenvalue weighted by Crippen LogP contribution is -2.50. The van der Waals surface area contributed by atoms with Gasteiger partial charge >= 0.3 is 6.09 Å². The number of fused-ring (bicyclic) bond motifs is 8. The Hall–Kier alpha value is -11.3. The molecular weight excluding hydrogens is 1760 g/mol. The summed E-state index contributed by atoms with van der Waals surface area (Å²) in [4.78, 5) is 83.7. The first kappa shape index (κ1) is 98.7. The summed E-state index contributed by atoms with van der Waals surface area (Å²) in [7, 11) is 1.90. The van der Waals surface area contributed by atoms with Crippen molar-refractivity contribution in [2.75, 3.05) is 177 Å². The Bertz CT molecular complexity index is 5470. The second-order valence-electron chi connectivity index (χ2n) is 38.5. The van der Waals surface area contributed by atoms with Crippen LogP contribution in [-0.4, -0.2) is 349 Å². The van der Waals surface area contributed by atoms with Crippen LogP contribution in [0.1, 0.15) is 126 Å². The molecule has 0 aromatic heterocycles. The largest absolute Gasteiger partial charge is 0.508 e. The molecule has 8 aromatic carbocycles. The molecule has 11 heterocycles. The highest BCUT2D eigenvalue weighted by Gasteiger charge is 2.39. The fraction of sp³-hybridized carbons (Fsp3) is 0.495. The minimum atomic E-state index is -1.39. The molecule has 6 N–H and O–H groups in total. The molecule has 5 amide bonds. The Kier molecular flexibility index (Phi) is 33.1. The van der Waals surface area contributed by atoms with Gasteiger partial charge < -0.3 is 98.1 Å². The number of aromatic hydroxyl groups is 1. The summed E-state index contributed by atoms with van der Waals surface area (Å²) in [6, 6.07) is 53.1. The van der Waals surface area contributed by atoms with E-state index in [-0.39, 0.29) is 75.3 Å². The number of amides is 5. The first-order valence-electron chi connectivity index (χ1n) is 48.3. The molecule has 0 radical (unpaired) electrons. The van der Waals surface area contributed by atoms with Crippen molar-refractivity contribution in [2.45, 2.75) is 159 Å². The summed E-state index contributed by atoms with van der Waals surface area (Å²) in [6.45, 7) is 20.3. The molecule has 32 heteroatoms. The van der Waals surface area contributed by atoms with Crippen molar-refractivity contribution in [3.05, 3.63) is 237 Å². The number of nitrogens with zero attached hydrogens (tertiary/aromatic N) is 10. The van der Waals surface area contributed by atoms with Crippen LogP contribution < -0.4 is 38.5 Å². The van der Waals surface area contributed by atoms with Crippen molar-refractivity contribution in [3.63, 3.8) is 0 Å². The predicted molar refractivity (Wildman–Crippen MR) is 509 cm³/mol. The Labute approximate surface area is 799 Å². The van der Waals surface area contributed by atoms with Gasteiger partial charge in [-0.2, -0.15) is 0 Å². The first-order chi connectivity index (χ1) is 66.2. The number of phenolic OH excluding ortho intramolecular Hbond substituents is 1. The van der Waals surface area contributed by atoms with Gasteiger partial charge in [0.05, 0.1) is 79.4 Å². The van der Waals surface area contributed by atoms with Gasteiger partial charge in [-0.25, -0.2) is 18.0 Å². The maximum Gasteiger partial charge on any atom is 0.410 e. The fourth-order valence-corrected chi connectivity index (χ4v) is 19.7. The number of ether oxygens (including phenoxy) is 8. The van der Waals surface area contributed by atoms with Gasteiger partial charge in [0.15, 0.2) is 6.17 Å². The molecule has 11 aliphatic rings. The van der Waals surface area contributed by atoms with E-state index in [1.54, 1.807) is 101 Å². The molecule has 0 spiro atoms. The number of carbonyl (C=O) groups is 5. The number of aliphatic hydroxyl groups excluding tert-OH is 4. The van der Waals surface area contributed by atoms with Gasteiger partial charge in [-0.1, -0.05) is 97.1 Å². The van der Waals surface area contributed by atoms with Crippen LogP contribution in [0.2, 0.25) is 0 Å². The Morgan fingerprint density at radius 2 is 0.708 bits per heavy atom. The van der Waals surface area contributed by atoms with E-state index < -0.39 is 72.9 Å². The topological polar surface area (TPSA) is 305 Å². The molecule has 0 aliphatic carbocycles. The molecule has 10 atom stereocenters. The number of rotatable bonds is 22. The zero-order valence-corrected chi connectivity index (χ0v) is 78.8. The third-order valence-electron chi connectivity index (χ3n) is 26.8. The monoisotopic (exact) mass is 1890 g/mol. The molecule has 6 unspecified atom stereocenters. The quantitative estimate of drug-likeness (QED) is 0.0368. The van der Waals surface area contributed by atoms with Crippen LogP contribution in [0, 0.1) is 0 Å². The molecule has 29 nitrogen and oxygen atoms in total. The van der Waals surface area contributed by atoms with Gasteiger partial charge in [-0.15, -0.1) is 0 Å². The van der Waals surface area contributed by atoms with Crippen LogP contribution in [-0.2, 0) is 56.6 Å². The maximum atomic E-state index is 15.0. The molecular formula is C105H130F3N11O18. The van der Waals surface area contributed by atoms with Gasteiger partial charge in [-0.05, 0) is 166 Å².